The summed E-state index contributed by atoms with van der Waals surface area (Å²) in [4.78, 5) is 18.4. The van der Waals surface area contributed by atoms with Crippen LogP contribution < -0.4 is 4.90 Å². The highest BCUT2D eigenvalue weighted by Gasteiger charge is 2.24. The first-order valence-electron chi connectivity index (χ1n) is 5.41. The van der Waals surface area contributed by atoms with E-state index in [4.69, 9.17) is 4.74 Å². The van der Waals surface area contributed by atoms with Crippen molar-refractivity contribution in [3.63, 3.8) is 0 Å². The van der Waals surface area contributed by atoms with Crippen LogP contribution in [-0.2, 0) is 4.74 Å². The number of ketones is 1. The fourth-order valence-corrected chi connectivity index (χ4v) is 2.80. The summed E-state index contributed by atoms with van der Waals surface area (Å²) in [5, 5.41) is 0.962. The number of rotatable bonds is 4. The van der Waals surface area contributed by atoms with Gasteiger partial charge in [-0.15, -0.1) is 0 Å². The Balaban J connectivity index is 2.00. The molecule has 1 aliphatic heterocycles. The molecule has 16 heavy (non-hydrogen) atoms. The molecule has 0 N–H and O–H groups in total. The molecule has 1 aliphatic rings. The monoisotopic (exact) mass is 240 g/mol. The molecule has 1 atom stereocenters. The average molecular weight is 240 g/mol. The van der Waals surface area contributed by atoms with E-state index in [-0.39, 0.29) is 5.78 Å². The molecule has 1 aromatic heterocycles. The zero-order valence-electron chi connectivity index (χ0n) is 9.60. The molecule has 2 rings (SSSR count). The van der Waals surface area contributed by atoms with Crippen LogP contribution in [0.25, 0.3) is 0 Å². The van der Waals surface area contributed by atoms with E-state index in [0.717, 1.165) is 36.1 Å². The van der Waals surface area contributed by atoms with Crippen molar-refractivity contribution >= 4 is 22.3 Å². The molecule has 0 bridgehead atoms. The third kappa shape index (κ3) is 2.41. The highest BCUT2D eigenvalue weighted by atomic mass is 32.1. The molecule has 5 heteroatoms. The lowest BCUT2D eigenvalue weighted by molar-refractivity contribution is 0.102. The number of nitrogens with zero attached hydrogens (tertiary/aromatic N) is 2. The number of Topliss-reactive ketones (excluding diaryl/α,β-unsaturated/α-hetero) is 1. The summed E-state index contributed by atoms with van der Waals surface area (Å²) >= 11 is 1.48. The van der Waals surface area contributed by atoms with Crippen molar-refractivity contribution < 1.29 is 9.53 Å². The predicted molar refractivity (Wildman–Crippen MR) is 64.3 cm³/mol. The maximum atomic E-state index is 11.2. The third-order valence-corrected chi connectivity index (χ3v) is 3.96. The van der Waals surface area contributed by atoms with Gasteiger partial charge >= 0.3 is 0 Å². The van der Waals surface area contributed by atoms with Gasteiger partial charge < -0.3 is 9.64 Å². The largest absolute Gasteiger partial charge is 0.384 e. The maximum absolute atomic E-state index is 11.2. The van der Waals surface area contributed by atoms with Gasteiger partial charge in [0, 0.05) is 33.0 Å². The number of hydrogen-bond donors (Lipinski definition) is 0. The van der Waals surface area contributed by atoms with E-state index in [2.05, 4.69) is 9.88 Å². The Hall–Kier alpha value is -0.940. The van der Waals surface area contributed by atoms with E-state index < -0.39 is 0 Å². The van der Waals surface area contributed by atoms with Crippen molar-refractivity contribution in [2.75, 3.05) is 31.7 Å². The predicted octanol–water partition coefficient (Wildman–Crippen LogP) is 1.82. The number of carbonyl (C=O) groups excluding carboxylic acids is 1. The third-order valence-electron chi connectivity index (χ3n) is 2.80. The standard InChI is InChI=1S/C11H16N2O2S/c1-8(14)10-5-12-11(16-10)13-4-3-9(6-13)7-15-2/h5,9H,3-4,6-7H2,1-2H3. The van der Waals surface area contributed by atoms with Crippen LogP contribution in [0, 0.1) is 5.92 Å². The number of aromatic nitrogens is 1. The fraction of sp³-hybridized carbons (Fsp3) is 0.636. The molecule has 0 spiro atoms. The van der Waals surface area contributed by atoms with E-state index in [0.29, 0.717) is 5.92 Å². The average Bonchev–Trinajstić information content (AvgIpc) is 2.84. The summed E-state index contributed by atoms with van der Waals surface area (Å²) in [6.45, 7) is 4.38. The molecule has 1 saturated heterocycles. The van der Waals surface area contributed by atoms with Crippen molar-refractivity contribution in [1.82, 2.24) is 4.98 Å². The van der Waals surface area contributed by atoms with Gasteiger partial charge in [0.25, 0.3) is 0 Å². The Morgan fingerprint density at radius 2 is 2.56 bits per heavy atom. The van der Waals surface area contributed by atoms with E-state index in [1.807, 2.05) is 0 Å². The van der Waals surface area contributed by atoms with Gasteiger partial charge in [0.05, 0.1) is 17.7 Å². The Bertz CT molecular complexity index is 378. The first-order valence-corrected chi connectivity index (χ1v) is 6.23. The van der Waals surface area contributed by atoms with Crippen LogP contribution in [0.1, 0.15) is 23.0 Å². The highest BCUT2D eigenvalue weighted by Crippen LogP contribution is 2.28. The van der Waals surface area contributed by atoms with Crippen molar-refractivity contribution in [1.29, 1.82) is 0 Å². The minimum atomic E-state index is 0.0939. The highest BCUT2D eigenvalue weighted by molar-refractivity contribution is 7.17. The molecule has 0 aromatic carbocycles. The topological polar surface area (TPSA) is 42.4 Å². The summed E-state index contributed by atoms with van der Waals surface area (Å²) in [5.74, 6) is 0.686. The SMILES string of the molecule is COCC1CCN(c2ncc(C(C)=O)s2)C1. The van der Waals surface area contributed by atoms with Gasteiger partial charge in [-0.05, 0) is 6.42 Å². The first kappa shape index (κ1) is 11.5. The van der Waals surface area contributed by atoms with Gasteiger partial charge in [-0.1, -0.05) is 11.3 Å². The Labute approximate surface area is 99.2 Å². The van der Waals surface area contributed by atoms with E-state index >= 15 is 0 Å². The number of ether oxygens (including phenoxy) is 1. The summed E-state index contributed by atoms with van der Waals surface area (Å²) in [6, 6.07) is 0. The number of hydrogen-bond acceptors (Lipinski definition) is 5. The number of thiazole rings is 1. The van der Waals surface area contributed by atoms with Crippen LogP contribution in [0.15, 0.2) is 6.20 Å². The number of carbonyl (C=O) groups is 1. The second-order valence-electron chi connectivity index (χ2n) is 4.12. The van der Waals surface area contributed by atoms with Crippen molar-refractivity contribution in [2.45, 2.75) is 13.3 Å². The Kier molecular flexibility index (Phi) is 3.56. The minimum Gasteiger partial charge on any atom is -0.384 e. The molecular weight excluding hydrogens is 224 g/mol. The lowest BCUT2D eigenvalue weighted by atomic mass is 10.1. The molecule has 4 nitrogen and oxygen atoms in total. The van der Waals surface area contributed by atoms with Crippen molar-refractivity contribution in [3.8, 4) is 0 Å². The molecule has 0 radical (unpaired) electrons. The number of methoxy groups -OCH3 is 1. The van der Waals surface area contributed by atoms with Gasteiger partial charge in [-0.2, -0.15) is 0 Å². The van der Waals surface area contributed by atoms with E-state index in [1.54, 1.807) is 20.2 Å². The molecule has 0 aliphatic carbocycles. The van der Waals surface area contributed by atoms with Crippen LogP contribution >= 0.6 is 11.3 Å². The molecule has 1 aromatic rings. The smallest absolute Gasteiger partial charge is 0.185 e. The summed E-state index contributed by atoms with van der Waals surface area (Å²) in [6.07, 6.45) is 2.81. The van der Waals surface area contributed by atoms with Crippen LogP contribution in [0.4, 0.5) is 5.13 Å². The summed E-state index contributed by atoms with van der Waals surface area (Å²) in [7, 11) is 1.74. The zero-order chi connectivity index (χ0) is 11.5. The van der Waals surface area contributed by atoms with Gasteiger partial charge in [0.15, 0.2) is 10.9 Å². The van der Waals surface area contributed by atoms with Crippen LogP contribution in [0.2, 0.25) is 0 Å². The van der Waals surface area contributed by atoms with Crippen LogP contribution in [0.5, 0.6) is 0 Å². The lowest BCUT2D eigenvalue weighted by Crippen LogP contribution is -2.20. The summed E-state index contributed by atoms with van der Waals surface area (Å²) in [5.41, 5.74) is 0. The second kappa shape index (κ2) is 4.93. The lowest BCUT2D eigenvalue weighted by Gasteiger charge is -2.14. The Morgan fingerprint density at radius 3 is 3.19 bits per heavy atom. The second-order valence-corrected chi connectivity index (χ2v) is 5.13. The normalized spacial score (nSPS) is 20.4. The fourth-order valence-electron chi connectivity index (χ4n) is 1.95. The molecule has 0 amide bonds. The van der Waals surface area contributed by atoms with Crippen LogP contribution in [0.3, 0.4) is 0 Å². The van der Waals surface area contributed by atoms with E-state index in [1.165, 1.54) is 11.3 Å². The van der Waals surface area contributed by atoms with Gasteiger partial charge in [-0.3, -0.25) is 4.79 Å². The van der Waals surface area contributed by atoms with Gasteiger partial charge in [-0.25, -0.2) is 4.98 Å². The molecule has 88 valence electrons. The molecular formula is C11H16N2O2S. The first-order chi connectivity index (χ1) is 7.70. The molecule has 2 heterocycles. The van der Waals surface area contributed by atoms with Gasteiger partial charge in [0.2, 0.25) is 0 Å². The van der Waals surface area contributed by atoms with Gasteiger partial charge in [0.1, 0.15) is 0 Å². The Morgan fingerprint density at radius 1 is 1.75 bits per heavy atom. The summed E-state index contributed by atoms with van der Waals surface area (Å²) < 4.78 is 5.16. The van der Waals surface area contributed by atoms with Crippen molar-refractivity contribution in [2.24, 2.45) is 5.92 Å². The quantitative estimate of drug-likeness (QED) is 0.753. The van der Waals surface area contributed by atoms with Crippen LogP contribution in [-0.4, -0.2) is 37.6 Å². The molecule has 1 fully saturated rings. The van der Waals surface area contributed by atoms with Crippen molar-refractivity contribution in [3.05, 3.63) is 11.1 Å². The zero-order valence-corrected chi connectivity index (χ0v) is 10.4. The minimum absolute atomic E-state index is 0.0939. The molecule has 1 unspecified atom stereocenters. The number of anilines is 1. The maximum Gasteiger partial charge on any atom is 0.185 e. The van der Waals surface area contributed by atoms with E-state index in [9.17, 15) is 4.79 Å². The molecule has 0 saturated carbocycles.